The summed E-state index contributed by atoms with van der Waals surface area (Å²) in [5, 5.41) is 0.266. The molecule has 2 aromatic carbocycles. The van der Waals surface area contributed by atoms with Gasteiger partial charge in [-0.25, -0.2) is 8.42 Å². The van der Waals surface area contributed by atoms with Crippen LogP contribution in [0.3, 0.4) is 0 Å². The number of sulfonamides is 1. The van der Waals surface area contributed by atoms with E-state index in [4.69, 9.17) is 11.6 Å². The van der Waals surface area contributed by atoms with Gasteiger partial charge in [-0.05, 0) is 50.2 Å². The third kappa shape index (κ3) is 3.62. The Labute approximate surface area is 170 Å². The van der Waals surface area contributed by atoms with Gasteiger partial charge in [-0.2, -0.15) is 0 Å². The van der Waals surface area contributed by atoms with Crippen molar-refractivity contribution in [3.05, 3.63) is 59.1 Å². The van der Waals surface area contributed by atoms with Gasteiger partial charge >= 0.3 is 0 Å². The highest BCUT2D eigenvalue weighted by molar-refractivity contribution is 7.92. The summed E-state index contributed by atoms with van der Waals surface area (Å²) in [7, 11) is -1.77. The van der Waals surface area contributed by atoms with E-state index in [1.165, 1.54) is 18.2 Å². The Bertz CT molecular complexity index is 983. The van der Waals surface area contributed by atoms with E-state index in [1.54, 1.807) is 30.3 Å². The Hall–Kier alpha value is -2.09. The van der Waals surface area contributed by atoms with Gasteiger partial charge in [0, 0.05) is 30.9 Å². The van der Waals surface area contributed by atoms with Gasteiger partial charge in [0.05, 0.1) is 15.5 Å². The molecule has 4 rings (SSSR count). The lowest BCUT2D eigenvalue weighted by Crippen LogP contribution is -2.54. The first kappa shape index (κ1) is 19.2. The zero-order valence-corrected chi connectivity index (χ0v) is 17.1. The Morgan fingerprint density at radius 3 is 2.36 bits per heavy atom. The maximum Gasteiger partial charge on any atom is 0.261 e. The number of hydrogen-bond acceptors (Lipinski definition) is 4. The van der Waals surface area contributed by atoms with Gasteiger partial charge in [-0.1, -0.05) is 29.8 Å². The maximum absolute atomic E-state index is 13.2. The summed E-state index contributed by atoms with van der Waals surface area (Å²) in [5.74, 6) is -0.192. The van der Waals surface area contributed by atoms with E-state index < -0.39 is 10.0 Å². The number of para-hydroxylation sites is 1. The Balaban J connectivity index is 1.63. The van der Waals surface area contributed by atoms with Gasteiger partial charge in [0.15, 0.2) is 0 Å². The first-order valence-electron chi connectivity index (χ1n) is 9.24. The van der Waals surface area contributed by atoms with Crippen molar-refractivity contribution in [3.8, 4) is 0 Å². The van der Waals surface area contributed by atoms with E-state index in [1.807, 2.05) is 4.90 Å². The van der Waals surface area contributed by atoms with E-state index in [9.17, 15) is 13.2 Å². The molecular formula is C20H22ClN3O3S. The van der Waals surface area contributed by atoms with Gasteiger partial charge in [-0.15, -0.1) is 0 Å². The number of carbonyl (C=O) groups excluding carboxylic acids is 1. The van der Waals surface area contributed by atoms with Crippen LogP contribution in [0.15, 0.2) is 53.4 Å². The number of carbonyl (C=O) groups is 1. The number of likely N-dealkylation sites (N-methyl/N-ethyl adjacent to an activating group) is 1. The fraction of sp³-hybridized carbons (Fsp3) is 0.350. The van der Waals surface area contributed by atoms with Crippen LogP contribution in [-0.4, -0.2) is 56.3 Å². The number of nitrogens with zero attached hydrogens (tertiary/aromatic N) is 2. The normalized spacial score (nSPS) is 22.3. The zero-order chi connectivity index (χ0) is 19.9. The lowest BCUT2D eigenvalue weighted by Gasteiger charge is -2.39. The number of halogens is 1. The van der Waals surface area contributed by atoms with E-state index in [-0.39, 0.29) is 33.5 Å². The molecule has 2 bridgehead atoms. The van der Waals surface area contributed by atoms with Crippen molar-refractivity contribution in [2.75, 3.05) is 24.9 Å². The summed E-state index contributed by atoms with van der Waals surface area (Å²) in [4.78, 5) is 17.4. The number of benzene rings is 2. The van der Waals surface area contributed by atoms with E-state index in [0.29, 0.717) is 5.69 Å². The van der Waals surface area contributed by atoms with Crippen LogP contribution in [0.4, 0.5) is 5.69 Å². The summed E-state index contributed by atoms with van der Waals surface area (Å²) >= 11 is 6.29. The summed E-state index contributed by atoms with van der Waals surface area (Å²) < 4.78 is 28.1. The fourth-order valence-electron chi connectivity index (χ4n) is 4.14. The summed E-state index contributed by atoms with van der Waals surface area (Å²) in [6.07, 6.45) is 1.93. The molecule has 2 aromatic rings. The Morgan fingerprint density at radius 2 is 1.71 bits per heavy atom. The largest absolute Gasteiger partial charge is 0.330 e. The molecule has 2 atom stereocenters. The number of fused-ring (bicyclic) bond motifs is 2. The summed E-state index contributed by atoms with van der Waals surface area (Å²) in [6.45, 7) is 1.65. The first-order valence-corrected chi connectivity index (χ1v) is 11.1. The number of amides is 1. The summed E-state index contributed by atoms with van der Waals surface area (Å²) in [6, 6.07) is 13.2. The van der Waals surface area contributed by atoms with Gasteiger partial charge < -0.3 is 9.80 Å². The topological polar surface area (TPSA) is 69.7 Å². The van der Waals surface area contributed by atoms with E-state index in [0.717, 1.165) is 25.9 Å². The minimum atomic E-state index is -3.82. The average Bonchev–Trinajstić information content (AvgIpc) is 2.93. The van der Waals surface area contributed by atoms with Crippen LogP contribution in [0, 0.1) is 0 Å². The highest BCUT2D eigenvalue weighted by atomic mass is 35.5. The van der Waals surface area contributed by atoms with Crippen molar-refractivity contribution in [2.24, 2.45) is 0 Å². The second kappa shape index (κ2) is 7.39. The van der Waals surface area contributed by atoms with Crippen LogP contribution in [0.1, 0.15) is 23.2 Å². The molecule has 0 saturated carbocycles. The molecule has 2 aliphatic rings. The second-order valence-corrected chi connectivity index (χ2v) is 9.52. The minimum absolute atomic E-state index is 0.0191. The number of piperazine rings is 1. The first-order chi connectivity index (χ1) is 13.3. The maximum atomic E-state index is 13.2. The van der Waals surface area contributed by atoms with E-state index in [2.05, 4.69) is 16.7 Å². The molecule has 2 aliphatic heterocycles. The standard InChI is InChI=1S/C20H22ClN3O3S/c1-23-12-15-7-8-16(13-23)24(15)20(25)18-11-17(9-10-19(18)21)28(26,27)22-14-5-3-2-4-6-14/h2-6,9-11,15-16,22H,7-8,12-13H2,1H3. The molecule has 0 radical (unpaired) electrons. The van der Waals surface area contributed by atoms with Crippen molar-refractivity contribution < 1.29 is 13.2 Å². The van der Waals surface area contributed by atoms with Gasteiger partial charge in [0.2, 0.25) is 0 Å². The molecule has 0 spiro atoms. The van der Waals surface area contributed by atoms with Gasteiger partial charge in [0.1, 0.15) is 0 Å². The molecule has 28 heavy (non-hydrogen) atoms. The van der Waals surface area contributed by atoms with E-state index >= 15 is 0 Å². The number of nitrogens with one attached hydrogen (secondary N) is 1. The molecule has 6 nitrogen and oxygen atoms in total. The SMILES string of the molecule is CN1CC2CCC(C1)N2C(=O)c1cc(S(=O)(=O)Nc2ccccc2)ccc1Cl. The number of likely N-dealkylation sites (tertiary alicyclic amines) is 1. The molecule has 0 aromatic heterocycles. The number of hydrogen-bond donors (Lipinski definition) is 1. The molecule has 148 valence electrons. The third-order valence-electron chi connectivity index (χ3n) is 5.40. The second-order valence-electron chi connectivity index (χ2n) is 7.43. The highest BCUT2D eigenvalue weighted by Gasteiger charge is 2.42. The molecule has 2 saturated heterocycles. The lowest BCUT2D eigenvalue weighted by molar-refractivity contribution is 0.0472. The lowest BCUT2D eigenvalue weighted by atomic mass is 10.1. The van der Waals surface area contributed by atoms with Crippen LogP contribution in [0.2, 0.25) is 5.02 Å². The Kier molecular flexibility index (Phi) is 5.07. The average molecular weight is 420 g/mol. The monoisotopic (exact) mass is 419 g/mol. The molecule has 8 heteroatoms. The van der Waals surface area contributed by atoms with Gasteiger partial charge in [-0.3, -0.25) is 9.52 Å². The molecule has 2 fully saturated rings. The number of anilines is 1. The van der Waals surface area contributed by atoms with Crippen molar-refractivity contribution >= 4 is 33.2 Å². The van der Waals surface area contributed by atoms with Crippen LogP contribution >= 0.6 is 11.6 Å². The van der Waals surface area contributed by atoms with Crippen molar-refractivity contribution in [3.63, 3.8) is 0 Å². The molecule has 2 unspecified atom stereocenters. The van der Waals surface area contributed by atoms with Gasteiger partial charge in [0.25, 0.3) is 15.9 Å². The van der Waals surface area contributed by atoms with Crippen LogP contribution in [0.5, 0.6) is 0 Å². The van der Waals surface area contributed by atoms with Crippen LogP contribution in [0.25, 0.3) is 0 Å². The number of rotatable bonds is 4. The summed E-state index contributed by atoms with van der Waals surface area (Å²) in [5.41, 5.74) is 0.696. The fourth-order valence-corrected chi connectivity index (χ4v) is 5.42. The van der Waals surface area contributed by atoms with Crippen LogP contribution < -0.4 is 4.72 Å². The zero-order valence-electron chi connectivity index (χ0n) is 15.5. The molecular weight excluding hydrogens is 398 g/mol. The molecule has 0 aliphatic carbocycles. The minimum Gasteiger partial charge on any atom is -0.330 e. The highest BCUT2D eigenvalue weighted by Crippen LogP contribution is 2.33. The Morgan fingerprint density at radius 1 is 1.07 bits per heavy atom. The smallest absolute Gasteiger partial charge is 0.261 e. The third-order valence-corrected chi connectivity index (χ3v) is 7.11. The molecule has 1 amide bonds. The van der Waals surface area contributed by atoms with Crippen molar-refractivity contribution in [1.82, 2.24) is 9.80 Å². The predicted molar refractivity (Wildman–Crippen MR) is 109 cm³/mol. The predicted octanol–water partition coefficient (Wildman–Crippen LogP) is 3.06. The molecule has 1 N–H and O–H groups in total. The van der Waals surface area contributed by atoms with Crippen molar-refractivity contribution in [1.29, 1.82) is 0 Å². The molecule has 2 heterocycles. The van der Waals surface area contributed by atoms with Crippen molar-refractivity contribution in [2.45, 2.75) is 29.8 Å². The quantitative estimate of drug-likeness (QED) is 0.826. The van der Waals surface area contributed by atoms with Crippen LogP contribution in [-0.2, 0) is 10.0 Å².